The fourth-order valence-electron chi connectivity index (χ4n) is 2.00. The lowest BCUT2D eigenvalue weighted by Crippen LogP contribution is -2.25. The Morgan fingerprint density at radius 3 is 2.64 bits per heavy atom. The highest BCUT2D eigenvalue weighted by Gasteiger charge is 1.99. The molecule has 4 heteroatoms. The van der Waals surface area contributed by atoms with E-state index in [0.29, 0.717) is 0 Å². The molecule has 2 aromatic carbocycles. The first kappa shape index (κ1) is 15.8. The summed E-state index contributed by atoms with van der Waals surface area (Å²) in [6, 6.07) is 16.0. The van der Waals surface area contributed by atoms with Crippen molar-refractivity contribution in [2.45, 2.75) is 20.3 Å². The van der Waals surface area contributed by atoms with Gasteiger partial charge in [-0.3, -0.25) is 4.79 Å². The van der Waals surface area contributed by atoms with Crippen LogP contribution in [0.15, 0.2) is 53.6 Å². The number of benzene rings is 2. The van der Waals surface area contributed by atoms with Gasteiger partial charge in [-0.2, -0.15) is 5.10 Å². The van der Waals surface area contributed by atoms with E-state index in [0.717, 1.165) is 23.2 Å². The number of anilines is 1. The molecule has 0 radical (unpaired) electrons. The van der Waals surface area contributed by atoms with Crippen molar-refractivity contribution < 1.29 is 4.79 Å². The number of aryl methyl sites for hydroxylation is 2. The van der Waals surface area contributed by atoms with Crippen molar-refractivity contribution in [3.63, 3.8) is 0 Å². The zero-order valence-corrected chi connectivity index (χ0v) is 13.0. The number of carbonyl (C=O) groups is 1. The van der Waals surface area contributed by atoms with Crippen LogP contribution in [0.5, 0.6) is 0 Å². The van der Waals surface area contributed by atoms with Gasteiger partial charge in [0.05, 0.1) is 12.8 Å². The number of amides is 1. The molecule has 0 unspecified atom stereocenters. The second-order valence-electron chi connectivity index (χ2n) is 5.11. The first-order chi connectivity index (χ1) is 10.7. The van der Waals surface area contributed by atoms with Crippen LogP contribution >= 0.6 is 0 Å². The maximum absolute atomic E-state index is 11.7. The molecule has 0 aliphatic carbocycles. The molecular weight excluding hydrogens is 274 g/mol. The van der Waals surface area contributed by atoms with Crippen LogP contribution < -0.4 is 10.7 Å². The molecule has 114 valence electrons. The predicted octanol–water partition coefficient (Wildman–Crippen LogP) is 3.12. The average Bonchev–Trinajstić information content (AvgIpc) is 2.54. The first-order valence-electron chi connectivity index (χ1n) is 7.39. The number of nitrogens with zero attached hydrogens (tertiary/aromatic N) is 1. The summed E-state index contributed by atoms with van der Waals surface area (Å²) in [6.07, 6.45) is 2.66. The monoisotopic (exact) mass is 295 g/mol. The van der Waals surface area contributed by atoms with Crippen molar-refractivity contribution in [2.24, 2.45) is 5.10 Å². The molecule has 0 bridgehead atoms. The van der Waals surface area contributed by atoms with E-state index in [-0.39, 0.29) is 12.5 Å². The highest BCUT2D eigenvalue weighted by Crippen LogP contribution is 2.08. The van der Waals surface area contributed by atoms with Gasteiger partial charge < -0.3 is 5.32 Å². The second kappa shape index (κ2) is 7.98. The molecule has 0 aliphatic heterocycles. The SMILES string of the molecule is CCc1ccc(/C=N\NC(=O)CNc2cccc(C)c2)cc1. The average molecular weight is 295 g/mol. The molecule has 2 N–H and O–H groups in total. The molecule has 0 aromatic heterocycles. The van der Waals surface area contributed by atoms with E-state index < -0.39 is 0 Å². The van der Waals surface area contributed by atoms with Gasteiger partial charge in [0.25, 0.3) is 5.91 Å². The number of hydrogen-bond acceptors (Lipinski definition) is 3. The molecule has 1 amide bonds. The van der Waals surface area contributed by atoms with Gasteiger partial charge >= 0.3 is 0 Å². The summed E-state index contributed by atoms with van der Waals surface area (Å²) in [5, 5.41) is 7.03. The van der Waals surface area contributed by atoms with E-state index in [1.54, 1.807) is 6.21 Å². The normalized spacial score (nSPS) is 10.6. The molecule has 0 heterocycles. The van der Waals surface area contributed by atoms with Crippen molar-refractivity contribution in [3.8, 4) is 0 Å². The lowest BCUT2D eigenvalue weighted by atomic mass is 10.1. The van der Waals surface area contributed by atoms with E-state index in [4.69, 9.17) is 0 Å². The fourth-order valence-corrected chi connectivity index (χ4v) is 2.00. The van der Waals surface area contributed by atoms with Crippen molar-refractivity contribution in [1.82, 2.24) is 5.43 Å². The minimum absolute atomic E-state index is 0.178. The highest BCUT2D eigenvalue weighted by molar-refractivity contribution is 5.84. The van der Waals surface area contributed by atoms with E-state index in [1.165, 1.54) is 5.56 Å². The third-order valence-electron chi connectivity index (χ3n) is 3.26. The topological polar surface area (TPSA) is 53.5 Å². The summed E-state index contributed by atoms with van der Waals surface area (Å²) in [6.45, 7) is 4.32. The lowest BCUT2D eigenvalue weighted by Gasteiger charge is -2.05. The molecule has 0 atom stereocenters. The van der Waals surface area contributed by atoms with Crippen LogP contribution in [0.1, 0.15) is 23.6 Å². The van der Waals surface area contributed by atoms with E-state index >= 15 is 0 Å². The minimum atomic E-state index is -0.178. The van der Waals surface area contributed by atoms with E-state index in [1.807, 2.05) is 43.3 Å². The van der Waals surface area contributed by atoms with Gasteiger partial charge in [-0.25, -0.2) is 5.43 Å². The molecule has 0 aliphatic rings. The third-order valence-corrected chi connectivity index (χ3v) is 3.26. The Labute approximate surface area is 131 Å². The van der Waals surface area contributed by atoms with Crippen molar-refractivity contribution in [2.75, 3.05) is 11.9 Å². The summed E-state index contributed by atoms with van der Waals surface area (Å²) in [7, 11) is 0. The summed E-state index contributed by atoms with van der Waals surface area (Å²) in [5.74, 6) is -0.178. The van der Waals surface area contributed by atoms with Gasteiger partial charge in [0.2, 0.25) is 0 Å². The molecular formula is C18H21N3O. The smallest absolute Gasteiger partial charge is 0.259 e. The largest absolute Gasteiger partial charge is 0.376 e. The molecule has 2 aromatic rings. The third kappa shape index (κ3) is 5.05. The molecule has 2 rings (SSSR count). The number of carbonyl (C=O) groups excluding carboxylic acids is 1. The van der Waals surface area contributed by atoms with Gasteiger partial charge in [0.1, 0.15) is 0 Å². The number of hydrogen-bond donors (Lipinski definition) is 2. The lowest BCUT2D eigenvalue weighted by molar-refractivity contribution is -0.119. The standard InChI is InChI=1S/C18H21N3O/c1-3-15-7-9-16(10-8-15)12-20-21-18(22)13-19-17-6-4-5-14(2)11-17/h4-12,19H,3,13H2,1-2H3,(H,21,22)/b20-12-. The van der Waals surface area contributed by atoms with E-state index in [9.17, 15) is 4.79 Å². The van der Waals surface area contributed by atoms with Crippen LogP contribution in [0, 0.1) is 6.92 Å². The Bertz CT molecular complexity index is 648. The Hall–Kier alpha value is -2.62. The van der Waals surface area contributed by atoms with Crippen LogP contribution in [0.2, 0.25) is 0 Å². The molecule has 0 saturated carbocycles. The van der Waals surface area contributed by atoms with Gasteiger partial charge in [0, 0.05) is 5.69 Å². The van der Waals surface area contributed by atoms with Gasteiger partial charge in [-0.1, -0.05) is 43.3 Å². The van der Waals surface area contributed by atoms with Gasteiger partial charge in [-0.05, 0) is 42.2 Å². The molecule has 22 heavy (non-hydrogen) atoms. The maximum Gasteiger partial charge on any atom is 0.259 e. The zero-order chi connectivity index (χ0) is 15.8. The summed E-state index contributed by atoms with van der Waals surface area (Å²) in [5.41, 5.74) is 6.83. The van der Waals surface area contributed by atoms with Crippen molar-refractivity contribution >= 4 is 17.8 Å². The number of rotatable bonds is 6. The molecule has 4 nitrogen and oxygen atoms in total. The molecule has 0 spiro atoms. The van der Waals surface area contributed by atoms with Crippen LogP contribution in [0.4, 0.5) is 5.69 Å². The van der Waals surface area contributed by atoms with Crippen LogP contribution in [0.25, 0.3) is 0 Å². The zero-order valence-electron chi connectivity index (χ0n) is 13.0. The fraction of sp³-hybridized carbons (Fsp3) is 0.222. The summed E-state index contributed by atoms with van der Waals surface area (Å²) < 4.78 is 0. The predicted molar refractivity (Wildman–Crippen MR) is 91.2 cm³/mol. The quantitative estimate of drug-likeness (QED) is 0.635. The maximum atomic E-state index is 11.7. The summed E-state index contributed by atoms with van der Waals surface area (Å²) >= 11 is 0. The van der Waals surface area contributed by atoms with Gasteiger partial charge in [-0.15, -0.1) is 0 Å². The highest BCUT2D eigenvalue weighted by atomic mass is 16.2. The summed E-state index contributed by atoms with van der Waals surface area (Å²) in [4.78, 5) is 11.7. The van der Waals surface area contributed by atoms with Gasteiger partial charge in [0.15, 0.2) is 0 Å². The Kier molecular flexibility index (Phi) is 5.72. The van der Waals surface area contributed by atoms with Crippen LogP contribution in [0.3, 0.4) is 0 Å². The first-order valence-corrected chi connectivity index (χ1v) is 7.39. The van der Waals surface area contributed by atoms with E-state index in [2.05, 4.69) is 34.9 Å². The minimum Gasteiger partial charge on any atom is -0.376 e. The Morgan fingerprint density at radius 1 is 1.18 bits per heavy atom. The Morgan fingerprint density at radius 2 is 1.95 bits per heavy atom. The number of hydrazone groups is 1. The second-order valence-corrected chi connectivity index (χ2v) is 5.11. The Balaban J connectivity index is 1.78. The molecule has 0 saturated heterocycles. The van der Waals surface area contributed by atoms with Crippen molar-refractivity contribution in [1.29, 1.82) is 0 Å². The number of nitrogens with one attached hydrogen (secondary N) is 2. The van der Waals surface area contributed by atoms with Crippen LogP contribution in [-0.2, 0) is 11.2 Å². The van der Waals surface area contributed by atoms with Crippen molar-refractivity contribution in [3.05, 3.63) is 65.2 Å². The molecule has 0 fully saturated rings. The van der Waals surface area contributed by atoms with Crippen LogP contribution in [-0.4, -0.2) is 18.7 Å².